The van der Waals surface area contributed by atoms with E-state index < -0.39 is 0 Å². The summed E-state index contributed by atoms with van der Waals surface area (Å²) in [5, 5.41) is 0. The first kappa shape index (κ1) is 16.4. The van der Waals surface area contributed by atoms with Gasteiger partial charge in [-0.1, -0.05) is 18.2 Å². The molecule has 1 unspecified atom stereocenters. The van der Waals surface area contributed by atoms with Crippen LogP contribution in [0.1, 0.15) is 31.2 Å². The van der Waals surface area contributed by atoms with Crippen molar-refractivity contribution in [2.45, 2.75) is 32.1 Å². The second kappa shape index (κ2) is 7.43. The molecule has 0 bridgehead atoms. The van der Waals surface area contributed by atoms with Crippen molar-refractivity contribution in [3.63, 3.8) is 0 Å². The van der Waals surface area contributed by atoms with Crippen LogP contribution in [0.4, 0.5) is 4.39 Å². The quantitative estimate of drug-likeness (QED) is 0.805. The molecule has 1 aromatic carbocycles. The minimum atomic E-state index is -0.101. The van der Waals surface area contributed by atoms with Gasteiger partial charge in [0.25, 0.3) is 0 Å². The lowest BCUT2D eigenvalue weighted by molar-refractivity contribution is -0.132. The summed E-state index contributed by atoms with van der Waals surface area (Å²) in [4.78, 5) is 16.4. The molecule has 1 saturated heterocycles. The van der Waals surface area contributed by atoms with Gasteiger partial charge < -0.3 is 9.80 Å². The largest absolute Gasteiger partial charge is 0.345 e. The highest BCUT2D eigenvalue weighted by Crippen LogP contribution is 2.31. The first-order chi connectivity index (χ1) is 11.1. The van der Waals surface area contributed by atoms with Gasteiger partial charge in [0.15, 0.2) is 0 Å². The Morgan fingerprint density at radius 3 is 2.83 bits per heavy atom. The SMILES string of the molecule is CN(CC1CCCN(CCc2ccccc2F)C1)C(=O)C1CC1. The second-order valence-corrected chi connectivity index (χ2v) is 7.14. The van der Waals surface area contributed by atoms with Crippen molar-refractivity contribution < 1.29 is 9.18 Å². The summed E-state index contributed by atoms with van der Waals surface area (Å²) < 4.78 is 13.7. The van der Waals surface area contributed by atoms with Crippen molar-refractivity contribution in [1.82, 2.24) is 9.80 Å². The van der Waals surface area contributed by atoms with Gasteiger partial charge >= 0.3 is 0 Å². The number of carbonyl (C=O) groups is 1. The summed E-state index contributed by atoms with van der Waals surface area (Å²) in [5.74, 6) is 1.09. The standard InChI is InChI=1S/C19H27FN2O/c1-21(19(23)17-8-9-17)13-15-5-4-11-22(14-15)12-10-16-6-2-3-7-18(16)20/h2-3,6-7,15,17H,4-5,8-14H2,1H3. The number of hydrogen-bond acceptors (Lipinski definition) is 2. The maximum Gasteiger partial charge on any atom is 0.225 e. The van der Waals surface area contributed by atoms with Crippen molar-refractivity contribution in [2.24, 2.45) is 11.8 Å². The summed E-state index contributed by atoms with van der Waals surface area (Å²) in [6.07, 6.45) is 5.27. The molecule has 1 heterocycles. The van der Waals surface area contributed by atoms with Crippen LogP contribution in [0.5, 0.6) is 0 Å². The summed E-state index contributed by atoms with van der Waals surface area (Å²) in [5.41, 5.74) is 0.802. The lowest BCUT2D eigenvalue weighted by Gasteiger charge is -2.34. The molecular weight excluding hydrogens is 291 g/mol. The van der Waals surface area contributed by atoms with E-state index in [0.717, 1.165) is 51.0 Å². The summed E-state index contributed by atoms with van der Waals surface area (Å²) in [6, 6.07) is 7.05. The van der Waals surface area contributed by atoms with E-state index in [4.69, 9.17) is 0 Å². The Kier molecular flexibility index (Phi) is 5.31. The Morgan fingerprint density at radius 2 is 2.09 bits per heavy atom. The molecule has 3 nitrogen and oxygen atoms in total. The first-order valence-electron chi connectivity index (χ1n) is 8.84. The van der Waals surface area contributed by atoms with Crippen LogP contribution in [0.2, 0.25) is 0 Å². The average Bonchev–Trinajstić information content (AvgIpc) is 3.38. The lowest BCUT2D eigenvalue weighted by Crippen LogP contribution is -2.42. The number of nitrogens with zero attached hydrogens (tertiary/aromatic N) is 2. The third kappa shape index (κ3) is 4.54. The van der Waals surface area contributed by atoms with E-state index in [0.29, 0.717) is 17.7 Å². The van der Waals surface area contributed by atoms with E-state index in [-0.39, 0.29) is 5.82 Å². The molecule has 1 aromatic rings. The van der Waals surface area contributed by atoms with Gasteiger partial charge in [0.05, 0.1) is 0 Å². The van der Waals surface area contributed by atoms with Crippen LogP contribution in [0.25, 0.3) is 0 Å². The Bertz CT molecular complexity index is 544. The molecule has 0 spiro atoms. The van der Waals surface area contributed by atoms with E-state index in [1.165, 1.54) is 18.9 Å². The predicted molar refractivity (Wildman–Crippen MR) is 89.6 cm³/mol. The summed E-state index contributed by atoms with van der Waals surface area (Å²) in [6.45, 7) is 3.88. The van der Waals surface area contributed by atoms with Gasteiger partial charge in [0.2, 0.25) is 5.91 Å². The lowest BCUT2D eigenvalue weighted by atomic mass is 9.97. The van der Waals surface area contributed by atoms with Gasteiger partial charge in [-0.25, -0.2) is 4.39 Å². The first-order valence-corrected chi connectivity index (χ1v) is 8.84. The van der Waals surface area contributed by atoms with Crippen LogP contribution >= 0.6 is 0 Å². The van der Waals surface area contributed by atoms with Gasteiger partial charge in [-0.05, 0) is 56.2 Å². The van der Waals surface area contributed by atoms with Crippen molar-refractivity contribution in [3.8, 4) is 0 Å². The van der Waals surface area contributed by atoms with Gasteiger partial charge in [-0.2, -0.15) is 0 Å². The molecule has 3 rings (SSSR count). The molecule has 1 aliphatic heterocycles. The molecule has 1 amide bonds. The maximum absolute atomic E-state index is 13.7. The number of rotatable bonds is 6. The number of carbonyl (C=O) groups excluding carboxylic acids is 1. The molecule has 126 valence electrons. The number of halogens is 1. The number of likely N-dealkylation sites (tertiary alicyclic amines) is 1. The number of piperidine rings is 1. The Balaban J connectivity index is 1.46. The normalized spacial score (nSPS) is 22.1. The van der Waals surface area contributed by atoms with Crippen molar-refractivity contribution in [2.75, 3.05) is 33.2 Å². The molecule has 0 aromatic heterocycles. The third-order valence-electron chi connectivity index (χ3n) is 5.09. The number of benzene rings is 1. The van der Waals surface area contributed by atoms with Crippen molar-refractivity contribution >= 4 is 5.91 Å². The number of amides is 1. The minimum Gasteiger partial charge on any atom is -0.345 e. The molecular formula is C19H27FN2O. The molecule has 1 atom stereocenters. The Hall–Kier alpha value is -1.42. The monoisotopic (exact) mass is 318 g/mol. The van der Waals surface area contributed by atoms with Crippen molar-refractivity contribution in [1.29, 1.82) is 0 Å². The van der Waals surface area contributed by atoms with Gasteiger partial charge in [-0.15, -0.1) is 0 Å². The Morgan fingerprint density at radius 1 is 1.30 bits per heavy atom. The zero-order valence-electron chi connectivity index (χ0n) is 14.0. The zero-order valence-corrected chi connectivity index (χ0v) is 14.0. The molecule has 2 aliphatic rings. The van der Waals surface area contributed by atoms with Gasteiger partial charge in [0.1, 0.15) is 5.82 Å². The van der Waals surface area contributed by atoms with Gasteiger partial charge in [-0.3, -0.25) is 4.79 Å². The minimum absolute atomic E-state index is 0.101. The van der Waals surface area contributed by atoms with E-state index in [2.05, 4.69) is 4.90 Å². The highest BCUT2D eigenvalue weighted by Gasteiger charge is 2.33. The maximum atomic E-state index is 13.7. The fourth-order valence-corrected chi connectivity index (χ4v) is 3.60. The second-order valence-electron chi connectivity index (χ2n) is 7.14. The molecule has 0 N–H and O–H groups in total. The van der Waals surface area contributed by atoms with E-state index in [9.17, 15) is 9.18 Å². The van der Waals surface area contributed by atoms with E-state index >= 15 is 0 Å². The number of hydrogen-bond donors (Lipinski definition) is 0. The smallest absolute Gasteiger partial charge is 0.225 e. The van der Waals surface area contributed by atoms with Crippen LogP contribution in [0, 0.1) is 17.7 Å². The van der Waals surface area contributed by atoms with E-state index in [1.54, 1.807) is 6.07 Å². The highest BCUT2D eigenvalue weighted by molar-refractivity contribution is 5.80. The molecule has 1 saturated carbocycles. The third-order valence-corrected chi connectivity index (χ3v) is 5.09. The topological polar surface area (TPSA) is 23.6 Å². The average molecular weight is 318 g/mol. The summed E-state index contributed by atoms with van der Waals surface area (Å²) in [7, 11) is 1.94. The van der Waals surface area contributed by atoms with Crippen LogP contribution in [0.3, 0.4) is 0 Å². The van der Waals surface area contributed by atoms with Gasteiger partial charge in [0, 0.05) is 32.6 Å². The fraction of sp³-hybridized carbons (Fsp3) is 0.632. The molecule has 1 aliphatic carbocycles. The fourth-order valence-electron chi connectivity index (χ4n) is 3.60. The molecule has 4 heteroatoms. The highest BCUT2D eigenvalue weighted by atomic mass is 19.1. The molecule has 2 fully saturated rings. The van der Waals surface area contributed by atoms with Crippen LogP contribution in [-0.4, -0.2) is 48.9 Å². The molecule has 23 heavy (non-hydrogen) atoms. The van der Waals surface area contributed by atoms with Crippen LogP contribution in [-0.2, 0) is 11.2 Å². The van der Waals surface area contributed by atoms with Crippen molar-refractivity contribution in [3.05, 3.63) is 35.6 Å². The Labute approximate surface area is 138 Å². The predicted octanol–water partition coefficient (Wildman–Crippen LogP) is 2.95. The van der Waals surface area contributed by atoms with Crippen LogP contribution < -0.4 is 0 Å². The van der Waals surface area contributed by atoms with E-state index in [1.807, 2.05) is 24.1 Å². The summed E-state index contributed by atoms with van der Waals surface area (Å²) >= 11 is 0. The zero-order chi connectivity index (χ0) is 16.2. The van der Waals surface area contributed by atoms with Crippen LogP contribution in [0.15, 0.2) is 24.3 Å². The molecule has 0 radical (unpaired) electrons.